The van der Waals surface area contributed by atoms with E-state index in [0.29, 0.717) is 13.1 Å². The van der Waals surface area contributed by atoms with Crippen LogP contribution in [-0.2, 0) is 9.53 Å². The van der Waals surface area contributed by atoms with Crippen molar-refractivity contribution in [1.29, 1.82) is 5.26 Å². The van der Waals surface area contributed by atoms with Gasteiger partial charge in [0.05, 0.1) is 12.6 Å². The van der Waals surface area contributed by atoms with Crippen molar-refractivity contribution in [2.45, 2.75) is 24.9 Å². The molecule has 0 aromatic heterocycles. The number of ether oxygens (including phenoxy) is 1. The van der Waals surface area contributed by atoms with Crippen molar-refractivity contribution in [3.8, 4) is 6.07 Å². The molecule has 2 rings (SSSR count). The fourth-order valence-electron chi connectivity index (χ4n) is 2.36. The molecule has 1 unspecified atom stereocenters. The van der Waals surface area contributed by atoms with E-state index in [1.807, 2.05) is 4.90 Å². The van der Waals surface area contributed by atoms with Crippen LogP contribution < -0.4 is 10.6 Å². The Morgan fingerprint density at radius 2 is 2.28 bits per heavy atom. The number of hydrogen-bond acceptors (Lipinski definition) is 5. The van der Waals surface area contributed by atoms with Crippen molar-refractivity contribution >= 4 is 5.91 Å². The highest BCUT2D eigenvalue weighted by Crippen LogP contribution is 2.07. The number of piperazine rings is 1. The molecule has 0 radical (unpaired) electrons. The highest BCUT2D eigenvalue weighted by Gasteiger charge is 2.24. The molecule has 1 amide bonds. The Labute approximate surface area is 107 Å². The van der Waals surface area contributed by atoms with Gasteiger partial charge in [-0.2, -0.15) is 5.26 Å². The average Bonchev–Trinajstić information content (AvgIpc) is 2.40. The number of hydrogen-bond donors (Lipinski definition) is 2. The molecule has 0 spiro atoms. The van der Waals surface area contributed by atoms with E-state index < -0.39 is 0 Å². The van der Waals surface area contributed by atoms with E-state index in [-0.39, 0.29) is 18.0 Å². The molecule has 2 fully saturated rings. The van der Waals surface area contributed by atoms with E-state index in [9.17, 15) is 4.79 Å². The second kappa shape index (κ2) is 6.69. The summed E-state index contributed by atoms with van der Waals surface area (Å²) in [6.07, 6.45) is 1.77. The molecule has 2 aliphatic heterocycles. The molecular weight excluding hydrogens is 232 g/mol. The lowest BCUT2D eigenvalue weighted by Gasteiger charge is -2.32. The molecular formula is C12H20N4O2. The second-order valence-electron chi connectivity index (χ2n) is 4.77. The average molecular weight is 252 g/mol. The van der Waals surface area contributed by atoms with Crippen molar-refractivity contribution in [3.63, 3.8) is 0 Å². The second-order valence-corrected chi connectivity index (χ2v) is 4.77. The normalized spacial score (nSPS) is 26.5. The summed E-state index contributed by atoms with van der Waals surface area (Å²) in [4.78, 5) is 13.9. The van der Waals surface area contributed by atoms with Crippen molar-refractivity contribution in [3.05, 3.63) is 0 Å². The Morgan fingerprint density at radius 3 is 3.00 bits per heavy atom. The molecule has 0 aliphatic carbocycles. The van der Waals surface area contributed by atoms with Crippen LogP contribution in [-0.4, -0.2) is 62.3 Å². The van der Waals surface area contributed by atoms with Crippen LogP contribution in [0.4, 0.5) is 0 Å². The lowest BCUT2D eigenvalue weighted by atomic mass is 10.1. The first kappa shape index (κ1) is 13.3. The Bertz CT molecular complexity index is 323. The summed E-state index contributed by atoms with van der Waals surface area (Å²) >= 11 is 0. The van der Waals surface area contributed by atoms with Crippen LogP contribution in [0.1, 0.15) is 12.8 Å². The maximum atomic E-state index is 11.9. The van der Waals surface area contributed by atoms with Crippen LogP contribution in [0.25, 0.3) is 0 Å². The number of nitrogens with zero attached hydrogens (tertiary/aromatic N) is 2. The molecule has 1 atom stereocenters. The van der Waals surface area contributed by atoms with Crippen LogP contribution in [0.5, 0.6) is 0 Å². The van der Waals surface area contributed by atoms with Gasteiger partial charge < -0.3 is 15.4 Å². The summed E-state index contributed by atoms with van der Waals surface area (Å²) in [5, 5.41) is 15.2. The monoisotopic (exact) mass is 252 g/mol. The lowest BCUT2D eigenvalue weighted by Crippen LogP contribution is -2.54. The van der Waals surface area contributed by atoms with Gasteiger partial charge in [-0.05, 0) is 12.8 Å². The maximum Gasteiger partial charge on any atom is 0.234 e. The van der Waals surface area contributed by atoms with Gasteiger partial charge in [0.15, 0.2) is 0 Å². The standard InChI is InChI=1S/C12H20N4O2/c13-7-11-8-14-3-4-16(11)9-12(17)15-10-1-5-18-6-2-10/h10-11,14H,1-6,8-9H2,(H,15,17). The zero-order chi connectivity index (χ0) is 12.8. The van der Waals surface area contributed by atoms with Crippen molar-refractivity contribution in [2.75, 3.05) is 39.4 Å². The highest BCUT2D eigenvalue weighted by atomic mass is 16.5. The number of nitrogens with one attached hydrogen (secondary N) is 2. The number of carbonyl (C=O) groups excluding carboxylic acids is 1. The molecule has 2 N–H and O–H groups in total. The van der Waals surface area contributed by atoms with Gasteiger partial charge in [-0.1, -0.05) is 0 Å². The maximum absolute atomic E-state index is 11.9. The molecule has 100 valence electrons. The Balaban J connectivity index is 1.77. The summed E-state index contributed by atoms with van der Waals surface area (Å²) in [6, 6.07) is 2.26. The van der Waals surface area contributed by atoms with Crippen LogP contribution in [0, 0.1) is 11.3 Å². The van der Waals surface area contributed by atoms with Crippen LogP contribution in [0.3, 0.4) is 0 Å². The first-order valence-corrected chi connectivity index (χ1v) is 6.51. The van der Waals surface area contributed by atoms with Gasteiger partial charge in [0.25, 0.3) is 0 Å². The van der Waals surface area contributed by atoms with Crippen LogP contribution in [0.15, 0.2) is 0 Å². The highest BCUT2D eigenvalue weighted by molar-refractivity contribution is 5.78. The minimum atomic E-state index is -0.195. The Hall–Kier alpha value is -1.16. The summed E-state index contributed by atoms with van der Waals surface area (Å²) in [5.41, 5.74) is 0. The van der Waals surface area contributed by atoms with Crippen molar-refractivity contribution in [2.24, 2.45) is 0 Å². The van der Waals surface area contributed by atoms with Crippen LogP contribution >= 0.6 is 0 Å². The van der Waals surface area contributed by atoms with Crippen molar-refractivity contribution < 1.29 is 9.53 Å². The summed E-state index contributed by atoms with van der Waals surface area (Å²) < 4.78 is 5.25. The van der Waals surface area contributed by atoms with Gasteiger partial charge in [0, 0.05) is 38.9 Å². The van der Waals surface area contributed by atoms with E-state index in [2.05, 4.69) is 16.7 Å². The molecule has 2 saturated heterocycles. The largest absolute Gasteiger partial charge is 0.381 e. The third kappa shape index (κ3) is 3.67. The molecule has 2 aliphatic rings. The van der Waals surface area contributed by atoms with Crippen LogP contribution in [0.2, 0.25) is 0 Å². The predicted octanol–water partition coefficient (Wildman–Crippen LogP) is -0.921. The SMILES string of the molecule is N#CC1CNCCN1CC(=O)NC1CCOCC1. The third-order valence-corrected chi connectivity index (χ3v) is 3.44. The van der Waals surface area contributed by atoms with Gasteiger partial charge in [-0.3, -0.25) is 9.69 Å². The summed E-state index contributed by atoms with van der Waals surface area (Å²) in [5.74, 6) is 0.0176. The Morgan fingerprint density at radius 1 is 1.50 bits per heavy atom. The van der Waals surface area contributed by atoms with Gasteiger partial charge in [0.1, 0.15) is 6.04 Å². The van der Waals surface area contributed by atoms with Crippen molar-refractivity contribution in [1.82, 2.24) is 15.5 Å². The number of amides is 1. The number of rotatable bonds is 3. The zero-order valence-corrected chi connectivity index (χ0v) is 10.5. The quantitative estimate of drug-likeness (QED) is 0.679. The molecule has 2 heterocycles. The fourth-order valence-corrected chi connectivity index (χ4v) is 2.36. The van der Waals surface area contributed by atoms with Gasteiger partial charge in [-0.15, -0.1) is 0 Å². The van der Waals surface area contributed by atoms with E-state index in [1.54, 1.807) is 0 Å². The number of carbonyl (C=O) groups is 1. The summed E-state index contributed by atoms with van der Waals surface area (Å²) in [7, 11) is 0. The molecule has 6 heteroatoms. The first-order valence-electron chi connectivity index (χ1n) is 6.51. The predicted molar refractivity (Wildman–Crippen MR) is 65.8 cm³/mol. The molecule has 6 nitrogen and oxygen atoms in total. The van der Waals surface area contributed by atoms with Gasteiger partial charge >= 0.3 is 0 Å². The molecule has 0 bridgehead atoms. The fraction of sp³-hybridized carbons (Fsp3) is 0.833. The van der Waals surface area contributed by atoms with E-state index in [1.165, 1.54) is 0 Å². The Kier molecular flexibility index (Phi) is 4.93. The molecule has 0 saturated carbocycles. The lowest BCUT2D eigenvalue weighted by molar-refractivity contribution is -0.124. The first-order chi connectivity index (χ1) is 8.79. The van der Waals surface area contributed by atoms with E-state index in [4.69, 9.17) is 10.00 Å². The minimum absolute atomic E-state index is 0.0176. The molecule has 0 aromatic rings. The zero-order valence-electron chi connectivity index (χ0n) is 10.5. The third-order valence-electron chi connectivity index (χ3n) is 3.44. The smallest absolute Gasteiger partial charge is 0.234 e. The van der Waals surface area contributed by atoms with Gasteiger partial charge in [0.2, 0.25) is 5.91 Å². The number of nitriles is 1. The van der Waals surface area contributed by atoms with Gasteiger partial charge in [-0.25, -0.2) is 0 Å². The topological polar surface area (TPSA) is 77.4 Å². The van der Waals surface area contributed by atoms with E-state index >= 15 is 0 Å². The molecule has 0 aromatic carbocycles. The van der Waals surface area contributed by atoms with E-state index in [0.717, 1.165) is 39.1 Å². The molecule has 18 heavy (non-hydrogen) atoms. The summed E-state index contributed by atoms with van der Waals surface area (Å²) in [6.45, 7) is 3.99. The minimum Gasteiger partial charge on any atom is -0.381 e.